The molecule has 5 heavy (non-hydrogen) atoms. The Kier molecular flexibility index (Phi) is 240. The average molecular weight is 605 g/mol. The molecule has 0 N–H and O–H groups in total. The van der Waals surface area contributed by atoms with Gasteiger partial charge in [0.2, 0.25) is 0 Å². The van der Waals surface area contributed by atoms with E-state index in [4.69, 9.17) is 0 Å². The van der Waals surface area contributed by atoms with Crippen molar-refractivity contribution in [2.24, 2.45) is 0 Å². The SMILES string of the molecule is [Co].[Cr].[Ir].[Pd].[Pt]. The molecular formula is CoCrIrPdPt. The molecule has 0 aromatic carbocycles. The van der Waals surface area contributed by atoms with Gasteiger partial charge in [0.05, 0.1) is 0 Å². The summed E-state index contributed by atoms with van der Waals surface area (Å²) in [5.74, 6) is 0. The molecule has 0 aliphatic heterocycles. The van der Waals surface area contributed by atoms with Gasteiger partial charge in [-0.25, -0.2) is 0 Å². The number of hydrogen-bond acceptors (Lipinski definition) is 0. The van der Waals surface area contributed by atoms with E-state index in [1.807, 2.05) is 0 Å². The van der Waals surface area contributed by atoms with Crippen molar-refractivity contribution >= 4 is 0 Å². The van der Waals surface area contributed by atoms with Gasteiger partial charge in [0.15, 0.2) is 0 Å². The topological polar surface area (TPSA) is 0 Å². The Morgan fingerprint density at radius 1 is 1.00 bits per heavy atom. The maximum Gasteiger partial charge on any atom is 0 e. The molecule has 0 spiro atoms. The van der Waals surface area contributed by atoms with Crippen LogP contribution in [0.4, 0.5) is 0 Å². The van der Waals surface area contributed by atoms with Crippen LogP contribution < -0.4 is 0 Å². The van der Waals surface area contributed by atoms with Crippen LogP contribution in [0.5, 0.6) is 0 Å². The van der Waals surface area contributed by atoms with Gasteiger partial charge in [0.25, 0.3) is 0 Å². The van der Waals surface area contributed by atoms with Crippen LogP contribution in [0.15, 0.2) is 0 Å². The van der Waals surface area contributed by atoms with Crippen LogP contribution in [0.2, 0.25) is 0 Å². The Morgan fingerprint density at radius 2 is 1.00 bits per heavy atom. The minimum Gasteiger partial charge on any atom is 0 e. The maximum absolute atomic E-state index is 0. The predicted molar refractivity (Wildman–Crippen MR) is 0 cm³/mol. The van der Waals surface area contributed by atoms with Gasteiger partial charge in [-0.3, -0.25) is 0 Å². The van der Waals surface area contributed by atoms with Crippen molar-refractivity contribution in [3.8, 4) is 0 Å². The maximum atomic E-state index is 0. The second-order valence-electron chi connectivity index (χ2n) is 0. The van der Waals surface area contributed by atoms with Crippen molar-refractivity contribution in [2.45, 2.75) is 0 Å². The van der Waals surface area contributed by atoms with Gasteiger partial charge in [-0.05, 0) is 0 Å². The molecule has 44 valence electrons. The van der Waals surface area contributed by atoms with E-state index in [1.165, 1.54) is 0 Å². The van der Waals surface area contributed by atoms with Crippen LogP contribution >= 0.6 is 0 Å². The Bertz CT molecular complexity index is 11.6. The van der Waals surface area contributed by atoms with Crippen molar-refractivity contribution in [3.05, 3.63) is 0 Å². The molecule has 0 atom stereocenters. The van der Waals surface area contributed by atoms with Crippen LogP contribution in [-0.2, 0) is 95.7 Å². The molecule has 0 saturated heterocycles. The normalized spacial score (nSPS) is 0. The summed E-state index contributed by atoms with van der Waals surface area (Å²) >= 11 is 0. The molecule has 0 fully saturated rings. The van der Waals surface area contributed by atoms with Gasteiger partial charge < -0.3 is 0 Å². The predicted octanol–water partition coefficient (Wildman–Crippen LogP) is -0.0125. The first kappa shape index (κ1) is 43.1. The molecule has 5 heteroatoms. The van der Waals surface area contributed by atoms with E-state index in [-0.39, 0.29) is 95.7 Å². The van der Waals surface area contributed by atoms with Gasteiger partial charge in [0, 0.05) is 95.7 Å². The van der Waals surface area contributed by atoms with E-state index < -0.39 is 0 Å². The minimum atomic E-state index is 0. The third kappa shape index (κ3) is 19.4. The summed E-state index contributed by atoms with van der Waals surface area (Å²) in [4.78, 5) is 0. The molecule has 0 aromatic heterocycles. The van der Waals surface area contributed by atoms with Gasteiger partial charge in [-0.15, -0.1) is 0 Å². The summed E-state index contributed by atoms with van der Waals surface area (Å²) in [6, 6.07) is 0. The van der Waals surface area contributed by atoms with Crippen molar-refractivity contribution in [2.75, 3.05) is 0 Å². The third-order valence-electron chi connectivity index (χ3n) is 0. The molecule has 0 heterocycles. The van der Waals surface area contributed by atoms with Gasteiger partial charge in [-0.1, -0.05) is 0 Å². The van der Waals surface area contributed by atoms with Crippen LogP contribution in [0.3, 0.4) is 0 Å². The van der Waals surface area contributed by atoms with Crippen LogP contribution in [0.1, 0.15) is 0 Å². The van der Waals surface area contributed by atoms with Gasteiger partial charge in [0.1, 0.15) is 0 Å². The van der Waals surface area contributed by atoms with E-state index >= 15 is 0 Å². The molecule has 0 nitrogen and oxygen atoms in total. The standard InChI is InChI=1S/Co.Cr.Ir.Pd.Pt. The molecule has 0 rings (SSSR count). The van der Waals surface area contributed by atoms with Gasteiger partial charge >= 0.3 is 0 Å². The zero-order valence-corrected chi connectivity index (χ0v) is 10.2. The van der Waals surface area contributed by atoms with E-state index in [2.05, 4.69) is 0 Å². The fourth-order valence-corrected chi connectivity index (χ4v) is 0. The van der Waals surface area contributed by atoms with Crippen molar-refractivity contribution in [1.29, 1.82) is 0 Å². The summed E-state index contributed by atoms with van der Waals surface area (Å²) in [7, 11) is 0. The van der Waals surface area contributed by atoms with Crippen LogP contribution in [-0.4, -0.2) is 0 Å². The second-order valence-corrected chi connectivity index (χ2v) is 0. The van der Waals surface area contributed by atoms with Gasteiger partial charge in [-0.2, -0.15) is 0 Å². The molecule has 0 bridgehead atoms. The molecule has 0 saturated carbocycles. The summed E-state index contributed by atoms with van der Waals surface area (Å²) in [5.41, 5.74) is 0. The minimum absolute atomic E-state index is 0. The number of hydrogen-bond donors (Lipinski definition) is 0. The largest absolute Gasteiger partial charge is 0 e. The van der Waals surface area contributed by atoms with E-state index in [1.54, 1.807) is 0 Å². The molecule has 0 aromatic rings. The Hall–Kier alpha value is 3.04. The fourth-order valence-electron chi connectivity index (χ4n) is 0. The first-order valence-corrected chi connectivity index (χ1v) is 0. The van der Waals surface area contributed by atoms with Crippen LogP contribution in [0.25, 0.3) is 0 Å². The van der Waals surface area contributed by atoms with Crippen molar-refractivity contribution in [1.82, 2.24) is 0 Å². The first-order chi connectivity index (χ1) is 0. The quantitative estimate of drug-likeness (QED) is 0.342. The molecule has 0 unspecified atom stereocenters. The van der Waals surface area contributed by atoms with E-state index in [9.17, 15) is 0 Å². The second kappa shape index (κ2) is 27.8. The first-order valence-electron chi connectivity index (χ1n) is 0. The average Bonchev–Trinajstić information content (AvgIpc) is 0. The summed E-state index contributed by atoms with van der Waals surface area (Å²) in [5, 5.41) is 0. The van der Waals surface area contributed by atoms with Crippen molar-refractivity contribution < 1.29 is 95.7 Å². The molecule has 0 amide bonds. The van der Waals surface area contributed by atoms with Crippen LogP contribution in [0, 0.1) is 0 Å². The Morgan fingerprint density at radius 3 is 1.00 bits per heavy atom. The summed E-state index contributed by atoms with van der Waals surface area (Å²) in [6.07, 6.45) is 0. The van der Waals surface area contributed by atoms with Crippen molar-refractivity contribution in [3.63, 3.8) is 0 Å². The number of rotatable bonds is 0. The zero-order chi connectivity index (χ0) is 0. The Balaban J connectivity index is 0. The third-order valence-corrected chi connectivity index (χ3v) is 0. The monoisotopic (exact) mass is 605 g/mol. The fraction of sp³-hybridized carbons (Fsp3) is 0. The molecule has 0 aliphatic rings. The molecular weight excluding hydrogens is 605 g/mol. The Labute approximate surface area is 94.2 Å². The molecule has 0 aliphatic carbocycles. The molecule has 2 radical (unpaired) electrons. The summed E-state index contributed by atoms with van der Waals surface area (Å²) < 4.78 is 0. The smallest absolute Gasteiger partial charge is 0 e. The van der Waals surface area contributed by atoms with E-state index in [0.29, 0.717) is 0 Å². The summed E-state index contributed by atoms with van der Waals surface area (Å²) in [6.45, 7) is 0. The zero-order valence-electron chi connectivity index (χ0n) is 1.71. The van der Waals surface area contributed by atoms with E-state index in [0.717, 1.165) is 0 Å².